The van der Waals surface area contributed by atoms with E-state index in [0.29, 0.717) is 23.1 Å². The first-order chi connectivity index (χ1) is 18.9. The summed E-state index contributed by atoms with van der Waals surface area (Å²) in [5.41, 5.74) is 3.23. The molecular formula is C30H36O10. The molecule has 1 aliphatic heterocycles. The topological polar surface area (TPSA) is 163 Å². The Labute approximate surface area is 232 Å². The summed E-state index contributed by atoms with van der Waals surface area (Å²) in [5, 5.41) is 50.6. The average molecular weight is 557 g/mol. The molecule has 2 unspecified atom stereocenters. The highest BCUT2D eigenvalue weighted by Crippen LogP contribution is 2.50. The number of fused-ring (bicyclic) bond motifs is 1. The lowest BCUT2D eigenvalue weighted by atomic mass is 9.86. The van der Waals surface area contributed by atoms with E-state index in [4.69, 9.17) is 14.2 Å². The van der Waals surface area contributed by atoms with Crippen molar-refractivity contribution in [2.75, 3.05) is 13.2 Å². The van der Waals surface area contributed by atoms with E-state index in [2.05, 4.69) is 0 Å². The maximum Gasteiger partial charge on any atom is 0.331 e. The number of benzene rings is 2. The number of carbonyl (C=O) groups excluding carboxylic acids is 2. The average Bonchev–Trinajstić information content (AvgIpc) is 3.10. The SMILES string of the molecule is Cc1cc2c(c(C)c1CCO)C(=O)C(C)(C)[C@@H]2O[C@@H]1OC(CO)[C@@H](OC(=O)C=Cc2ccc(O)cc2)[C@H](O)C1O. The van der Waals surface area contributed by atoms with Crippen molar-refractivity contribution in [3.05, 3.63) is 69.8 Å². The van der Waals surface area contributed by atoms with Gasteiger partial charge in [0.2, 0.25) is 0 Å². The highest BCUT2D eigenvalue weighted by atomic mass is 16.7. The number of Topliss-reactive ketones (excluding diaryl/α,β-unsaturated/α-hetero) is 1. The molecule has 0 bridgehead atoms. The number of aliphatic hydroxyl groups is 4. The van der Waals surface area contributed by atoms with Crippen LogP contribution in [0.15, 0.2) is 36.4 Å². The third-order valence-electron chi connectivity index (χ3n) is 7.72. The Morgan fingerprint density at radius 3 is 2.40 bits per heavy atom. The smallest absolute Gasteiger partial charge is 0.331 e. The van der Waals surface area contributed by atoms with Crippen LogP contribution >= 0.6 is 0 Å². The van der Waals surface area contributed by atoms with Gasteiger partial charge in [-0.1, -0.05) is 18.2 Å². The van der Waals surface area contributed by atoms with Gasteiger partial charge in [0.15, 0.2) is 18.2 Å². The second-order valence-corrected chi connectivity index (χ2v) is 10.8. The first-order valence-electron chi connectivity index (χ1n) is 13.1. The van der Waals surface area contributed by atoms with Crippen molar-refractivity contribution in [2.45, 2.75) is 70.9 Å². The molecule has 1 aliphatic carbocycles. The summed E-state index contributed by atoms with van der Waals surface area (Å²) in [5.74, 6) is -0.919. The molecule has 0 amide bonds. The van der Waals surface area contributed by atoms with Gasteiger partial charge in [0.1, 0.15) is 24.1 Å². The lowest BCUT2D eigenvalue weighted by Crippen LogP contribution is -2.60. The van der Waals surface area contributed by atoms with Crippen molar-refractivity contribution < 1.29 is 49.3 Å². The van der Waals surface area contributed by atoms with Crippen LogP contribution < -0.4 is 0 Å². The maximum atomic E-state index is 13.5. The fourth-order valence-electron chi connectivity index (χ4n) is 5.50. The minimum atomic E-state index is -1.66. The Bertz CT molecular complexity index is 1280. The van der Waals surface area contributed by atoms with Crippen LogP contribution in [0.2, 0.25) is 0 Å². The standard InChI is InChI=1S/C30H36O10/c1-15-13-20-23(16(2)19(15)11-12-31)27(37)30(3,4)28(20)40-29-25(36)24(35)26(21(14-32)38-29)39-22(34)10-7-17-5-8-18(33)9-6-17/h5-10,13,21,24-26,28-29,31-33,35-36H,11-12,14H2,1-4H3/t21?,24-,25?,26-,28-,29+/m1/s1. The van der Waals surface area contributed by atoms with Crippen LogP contribution in [0.5, 0.6) is 5.75 Å². The normalized spacial score (nSPS) is 27.6. The zero-order valence-electron chi connectivity index (χ0n) is 22.9. The van der Waals surface area contributed by atoms with E-state index in [1.807, 2.05) is 19.9 Å². The van der Waals surface area contributed by atoms with E-state index in [-0.39, 0.29) is 18.1 Å². The van der Waals surface area contributed by atoms with Gasteiger partial charge in [-0.25, -0.2) is 4.79 Å². The third-order valence-corrected chi connectivity index (χ3v) is 7.72. The number of aryl methyl sites for hydroxylation is 1. The van der Waals surface area contributed by atoms with Gasteiger partial charge in [-0.15, -0.1) is 0 Å². The second-order valence-electron chi connectivity index (χ2n) is 10.8. The summed E-state index contributed by atoms with van der Waals surface area (Å²) < 4.78 is 17.3. The minimum absolute atomic E-state index is 0.0567. The summed E-state index contributed by atoms with van der Waals surface area (Å²) in [6, 6.07) is 7.92. The number of ketones is 1. The number of rotatable bonds is 8. The number of aromatic hydroxyl groups is 1. The van der Waals surface area contributed by atoms with Crippen LogP contribution in [-0.4, -0.2) is 81.2 Å². The molecule has 10 nitrogen and oxygen atoms in total. The molecule has 10 heteroatoms. The van der Waals surface area contributed by atoms with E-state index < -0.39 is 54.8 Å². The van der Waals surface area contributed by atoms with E-state index in [1.165, 1.54) is 18.2 Å². The fraction of sp³-hybridized carbons (Fsp3) is 0.467. The van der Waals surface area contributed by atoms with E-state index in [9.17, 15) is 35.1 Å². The van der Waals surface area contributed by atoms with Crippen LogP contribution in [0.4, 0.5) is 0 Å². The van der Waals surface area contributed by atoms with Gasteiger partial charge in [-0.05, 0) is 80.1 Å². The highest BCUT2D eigenvalue weighted by molar-refractivity contribution is 6.06. The number of hydrogen-bond acceptors (Lipinski definition) is 10. The summed E-state index contributed by atoms with van der Waals surface area (Å²) >= 11 is 0. The van der Waals surface area contributed by atoms with Gasteiger partial charge >= 0.3 is 5.97 Å². The van der Waals surface area contributed by atoms with Gasteiger partial charge in [0.25, 0.3) is 0 Å². The Morgan fingerprint density at radius 1 is 1.10 bits per heavy atom. The molecule has 5 N–H and O–H groups in total. The predicted octanol–water partition coefficient (Wildman–Crippen LogP) is 1.89. The number of aliphatic hydroxyl groups excluding tert-OH is 4. The molecule has 40 heavy (non-hydrogen) atoms. The van der Waals surface area contributed by atoms with Gasteiger partial charge in [0, 0.05) is 18.2 Å². The van der Waals surface area contributed by atoms with E-state index in [0.717, 1.165) is 22.8 Å². The molecule has 0 aromatic heterocycles. The summed E-state index contributed by atoms with van der Waals surface area (Å²) in [6.07, 6.45) is -5.24. The van der Waals surface area contributed by atoms with Crippen LogP contribution in [0.3, 0.4) is 0 Å². The molecule has 1 heterocycles. The lowest BCUT2D eigenvalue weighted by Gasteiger charge is -2.43. The number of carbonyl (C=O) groups is 2. The van der Waals surface area contributed by atoms with E-state index >= 15 is 0 Å². The number of hydrogen-bond donors (Lipinski definition) is 5. The molecule has 0 radical (unpaired) electrons. The number of ether oxygens (including phenoxy) is 3. The Hall–Kier alpha value is -3.12. The van der Waals surface area contributed by atoms with Gasteiger partial charge < -0.3 is 39.7 Å². The Balaban J connectivity index is 1.53. The van der Waals surface area contributed by atoms with Crippen molar-refractivity contribution in [2.24, 2.45) is 5.41 Å². The van der Waals surface area contributed by atoms with Crippen molar-refractivity contribution in [1.82, 2.24) is 0 Å². The molecule has 6 atom stereocenters. The molecule has 1 saturated heterocycles. The van der Waals surface area contributed by atoms with Crippen LogP contribution in [0.1, 0.15) is 58.1 Å². The summed E-state index contributed by atoms with van der Waals surface area (Å²) in [4.78, 5) is 25.9. The van der Waals surface area contributed by atoms with E-state index in [1.54, 1.807) is 26.0 Å². The molecule has 2 aromatic carbocycles. The summed E-state index contributed by atoms with van der Waals surface area (Å²) in [7, 11) is 0. The molecule has 2 aliphatic rings. The highest BCUT2D eigenvalue weighted by Gasteiger charge is 2.53. The van der Waals surface area contributed by atoms with Gasteiger partial charge in [-0.3, -0.25) is 4.79 Å². The first kappa shape index (κ1) is 29.9. The van der Waals surface area contributed by atoms with Crippen LogP contribution in [-0.2, 0) is 25.4 Å². The van der Waals surface area contributed by atoms with Crippen LogP contribution in [0.25, 0.3) is 6.08 Å². The quantitative estimate of drug-likeness (QED) is 0.240. The maximum absolute atomic E-state index is 13.5. The zero-order valence-corrected chi connectivity index (χ0v) is 22.9. The molecule has 216 valence electrons. The summed E-state index contributed by atoms with van der Waals surface area (Å²) in [6.45, 7) is 6.47. The number of phenolic OH excluding ortho intramolecular Hbond substituents is 1. The van der Waals surface area contributed by atoms with Crippen molar-refractivity contribution >= 4 is 17.8 Å². The molecule has 0 saturated carbocycles. The first-order valence-corrected chi connectivity index (χ1v) is 13.1. The van der Waals surface area contributed by atoms with Crippen LogP contribution in [0, 0.1) is 19.3 Å². The Kier molecular flexibility index (Phi) is 8.79. The molecule has 2 aromatic rings. The molecule has 4 rings (SSSR count). The predicted molar refractivity (Wildman–Crippen MR) is 143 cm³/mol. The van der Waals surface area contributed by atoms with Gasteiger partial charge in [0.05, 0.1) is 18.1 Å². The third kappa shape index (κ3) is 5.56. The Morgan fingerprint density at radius 2 is 1.77 bits per heavy atom. The lowest BCUT2D eigenvalue weighted by molar-refractivity contribution is -0.318. The number of esters is 1. The monoisotopic (exact) mass is 556 g/mol. The fourth-order valence-corrected chi connectivity index (χ4v) is 5.50. The molecule has 0 spiro atoms. The van der Waals surface area contributed by atoms with Crippen molar-refractivity contribution in [3.8, 4) is 5.75 Å². The molecule has 1 fully saturated rings. The van der Waals surface area contributed by atoms with Crippen molar-refractivity contribution in [1.29, 1.82) is 0 Å². The minimum Gasteiger partial charge on any atom is -0.508 e. The largest absolute Gasteiger partial charge is 0.508 e. The van der Waals surface area contributed by atoms with Gasteiger partial charge in [-0.2, -0.15) is 0 Å². The second kappa shape index (κ2) is 11.8. The zero-order chi connectivity index (χ0) is 29.4. The van der Waals surface area contributed by atoms with Crippen molar-refractivity contribution in [3.63, 3.8) is 0 Å². The molecular weight excluding hydrogens is 520 g/mol. The number of phenols is 1.